The summed E-state index contributed by atoms with van der Waals surface area (Å²) in [5, 5.41) is 3.27. The number of nitrogens with one attached hydrogen (secondary N) is 1. The Kier molecular flexibility index (Phi) is 3.72. The van der Waals surface area contributed by atoms with Gasteiger partial charge in [-0.3, -0.25) is 0 Å². The third kappa shape index (κ3) is 2.70. The Morgan fingerprint density at radius 2 is 2.25 bits per heavy atom. The maximum Gasteiger partial charge on any atom is 0.295 e. The molecule has 1 N–H and O–H groups in total. The normalized spacial score (nSPS) is 12.9. The van der Waals surface area contributed by atoms with Crippen LogP contribution in [-0.2, 0) is 0 Å². The van der Waals surface area contributed by atoms with Gasteiger partial charge in [-0.05, 0) is 24.8 Å². The Bertz CT molecular complexity index is 422. The minimum absolute atomic E-state index is 0.373. The number of fused-ring (bicyclic) bond motifs is 1. The number of hydrogen-bond acceptors (Lipinski definition) is 4. The van der Waals surface area contributed by atoms with Crippen LogP contribution in [0.1, 0.15) is 13.8 Å². The van der Waals surface area contributed by atoms with Crippen molar-refractivity contribution < 1.29 is 4.42 Å². The molecule has 0 spiro atoms. The first-order chi connectivity index (χ1) is 7.79. The highest BCUT2D eigenvalue weighted by Gasteiger charge is 2.07. The second kappa shape index (κ2) is 5.25. The van der Waals surface area contributed by atoms with Crippen molar-refractivity contribution in [2.24, 2.45) is 0 Å². The van der Waals surface area contributed by atoms with Crippen molar-refractivity contribution in [3.63, 3.8) is 0 Å². The van der Waals surface area contributed by atoms with Crippen LogP contribution in [-0.4, -0.2) is 22.5 Å². The summed E-state index contributed by atoms with van der Waals surface area (Å²) in [7, 11) is 0. The first-order valence-corrected chi connectivity index (χ1v) is 6.65. The first kappa shape index (κ1) is 11.3. The van der Waals surface area contributed by atoms with E-state index in [9.17, 15) is 0 Å². The molecule has 3 nitrogen and oxygen atoms in total. The minimum atomic E-state index is 0.373. The van der Waals surface area contributed by atoms with Crippen molar-refractivity contribution in [2.75, 3.05) is 16.8 Å². The molecule has 16 heavy (non-hydrogen) atoms. The highest BCUT2D eigenvalue weighted by atomic mass is 32.2. The molecule has 1 unspecified atom stereocenters. The molecule has 1 aromatic heterocycles. The minimum Gasteiger partial charge on any atom is -0.424 e. The van der Waals surface area contributed by atoms with Crippen LogP contribution in [0.5, 0.6) is 0 Å². The fourth-order valence-corrected chi connectivity index (χ4v) is 2.15. The molecule has 1 atom stereocenters. The lowest BCUT2D eigenvalue weighted by molar-refractivity contribution is 0.606. The van der Waals surface area contributed by atoms with Crippen LogP contribution in [0.15, 0.2) is 28.7 Å². The molecule has 0 aliphatic heterocycles. The van der Waals surface area contributed by atoms with Crippen LogP contribution >= 0.6 is 11.8 Å². The SMILES string of the molecule is CCSCC(C)Nc1nc2ccccc2o1. The molecule has 2 rings (SSSR count). The van der Waals surface area contributed by atoms with Gasteiger partial charge in [-0.2, -0.15) is 16.7 Å². The Balaban J connectivity index is 2.03. The maximum atomic E-state index is 5.59. The predicted octanol–water partition coefficient (Wildman–Crippen LogP) is 3.38. The Morgan fingerprint density at radius 1 is 1.44 bits per heavy atom. The monoisotopic (exact) mass is 236 g/mol. The summed E-state index contributed by atoms with van der Waals surface area (Å²) < 4.78 is 5.59. The number of aromatic nitrogens is 1. The van der Waals surface area contributed by atoms with E-state index in [4.69, 9.17) is 4.42 Å². The zero-order valence-corrected chi connectivity index (χ0v) is 10.4. The molecule has 1 aromatic carbocycles. The zero-order valence-electron chi connectivity index (χ0n) is 9.56. The standard InChI is InChI=1S/C12H16N2OS/c1-3-16-8-9(2)13-12-14-10-6-4-5-7-11(10)15-12/h4-7,9H,3,8H2,1-2H3,(H,13,14). The van der Waals surface area contributed by atoms with Crippen LogP contribution in [0, 0.1) is 0 Å². The molecule has 0 radical (unpaired) electrons. The number of hydrogen-bond donors (Lipinski definition) is 1. The van der Waals surface area contributed by atoms with Gasteiger partial charge in [-0.25, -0.2) is 0 Å². The van der Waals surface area contributed by atoms with Crippen molar-refractivity contribution in [3.8, 4) is 0 Å². The Morgan fingerprint density at radius 3 is 3.00 bits per heavy atom. The van der Waals surface area contributed by atoms with Crippen LogP contribution in [0.25, 0.3) is 11.1 Å². The van der Waals surface area contributed by atoms with Crippen LogP contribution in [0.2, 0.25) is 0 Å². The lowest BCUT2D eigenvalue weighted by Crippen LogP contribution is -2.18. The molecule has 0 saturated carbocycles. The van der Waals surface area contributed by atoms with E-state index >= 15 is 0 Å². The largest absolute Gasteiger partial charge is 0.424 e. The molecule has 0 saturated heterocycles. The molecule has 0 amide bonds. The summed E-state index contributed by atoms with van der Waals surface area (Å²) in [6.07, 6.45) is 0. The molecule has 0 aliphatic rings. The fourth-order valence-electron chi connectivity index (χ4n) is 1.48. The van der Waals surface area contributed by atoms with E-state index in [-0.39, 0.29) is 0 Å². The average Bonchev–Trinajstić information content (AvgIpc) is 2.68. The summed E-state index contributed by atoms with van der Waals surface area (Å²) in [5.41, 5.74) is 1.74. The quantitative estimate of drug-likeness (QED) is 0.863. The van der Waals surface area contributed by atoms with E-state index in [1.807, 2.05) is 36.0 Å². The third-order valence-electron chi connectivity index (χ3n) is 2.24. The van der Waals surface area contributed by atoms with Gasteiger partial charge < -0.3 is 9.73 Å². The van der Waals surface area contributed by atoms with Crippen LogP contribution < -0.4 is 5.32 Å². The summed E-state index contributed by atoms with van der Waals surface area (Å²) >= 11 is 1.91. The van der Waals surface area contributed by atoms with E-state index in [0.29, 0.717) is 12.1 Å². The molecule has 1 heterocycles. The van der Waals surface area contributed by atoms with E-state index in [0.717, 1.165) is 22.6 Å². The molecule has 4 heteroatoms. The molecular weight excluding hydrogens is 220 g/mol. The summed E-state index contributed by atoms with van der Waals surface area (Å²) in [4.78, 5) is 4.37. The van der Waals surface area contributed by atoms with Crippen molar-refractivity contribution in [3.05, 3.63) is 24.3 Å². The topological polar surface area (TPSA) is 38.1 Å². The van der Waals surface area contributed by atoms with Gasteiger partial charge in [0.1, 0.15) is 5.52 Å². The molecule has 0 aliphatic carbocycles. The number of anilines is 1. The first-order valence-electron chi connectivity index (χ1n) is 5.49. The van der Waals surface area contributed by atoms with Gasteiger partial charge in [0.15, 0.2) is 5.58 Å². The molecule has 0 bridgehead atoms. The van der Waals surface area contributed by atoms with Crippen LogP contribution in [0.3, 0.4) is 0 Å². The van der Waals surface area contributed by atoms with Crippen molar-refractivity contribution in [1.82, 2.24) is 4.98 Å². The van der Waals surface area contributed by atoms with Crippen LogP contribution in [0.4, 0.5) is 6.01 Å². The summed E-state index contributed by atoms with van der Waals surface area (Å²) in [5.74, 6) is 2.20. The lowest BCUT2D eigenvalue weighted by atomic mass is 10.3. The Hall–Kier alpha value is -1.16. The lowest BCUT2D eigenvalue weighted by Gasteiger charge is -2.10. The molecular formula is C12H16N2OS. The average molecular weight is 236 g/mol. The highest BCUT2D eigenvalue weighted by molar-refractivity contribution is 7.99. The van der Waals surface area contributed by atoms with E-state index in [2.05, 4.69) is 24.1 Å². The van der Waals surface area contributed by atoms with E-state index in [1.54, 1.807) is 0 Å². The molecule has 86 valence electrons. The second-order valence-corrected chi connectivity index (χ2v) is 5.01. The predicted molar refractivity (Wildman–Crippen MR) is 70.1 cm³/mol. The van der Waals surface area contributed by atoms with Gasteiger partial charge in [0.25, 0.3) is 6.01 Å². The van der Waals surface area contributed by atoms with Gasteiger partial charge in [-0.1, -0.05) is 19.1 Å². The van der Waals surface area contributed by atoms with Gasteiger partial charge >= 0.3 is 0 Å². The summed E-state index contributed by atoms with van der Waals surface area (Å²) in [6.45, 7) is 4.30. The smallest absolute Gasteiger partial charge is 0.295 e. The third-order valence-corrected chi connectivity index (χ3v) is 3.38. The van der Waals surface area contributed by atoms with Crippen molar-refractivity contribution in [2.45, 2.75) is 19.9 Å². The van der Waals surface area contributed by atoms with Gasteiger partial charge in [0, 0.05) is 11.8 Å². The molecule has 0 fully saturated rings. The van der Waals surface area contributed by atoms with Gasteiger partial charge in [-0.15, -0.1) is 0 Å². The van der Waals surface area contributed by atoms with Crippen molar-refractivity contribution >= 4 is 28.9 Å². The molecule has 2 aromatic rings. The van der Waals surface area contributed by atoms with E-state index < -0.39 is 0 Å². The van der Waals surface area contributed by atoms with E-state index in [1.165, 1.54) is 0 Å². The number of para-hydroxylation sites is 2. The number of benzene rings is 1. The fraction of sp³-hybridized carbons (Fsp3) is 0.417. The summed E-state index contributed by atoms with van der Waals surface area (Å²) in [6, 6.07) is 8.79. The Labute approximate surface area is 99.6 Å². The van der Waals surface area contributed by atoms with Gasteiger partial charge in [0.2, 0.25) is 0 Å². The number of rotatable bonds is 5. The number of oxazole rings is 1. The second-order valence-electron chi connectivity index (χ2n) is 3.69. The zero-order chi connectivity index (χ0) is 11.4. The number of nitrogens with zero attached hydrogens (tertiary/aromatic N) is 1. The highest BCUT2D eigenvalue weighted by Crippen LogP contribution is 2.19. The van der Waals surface area contributed by atoms with Crippen molar-refractivity contribution in [1.29, 1.82) is 0 Å². The van der Waals surface area contributed by atoms with Gasteiger partial charge in [0.05, 0.1) is 0 Å². The maximum absolute atomic E-state index is 5.59. The number of thioether (sulfide) groups is 1.